The van der Waals surface area contributed by atoms with Gasteiger partial charge in [0.15, 0.2) is 5.58 Å². The van der Waals surface area contributed by atoms with Crippen LogP contribution in [0.1, 0.15) is 19.5 Å². The van der Waals surface area contributed by atoms with Crippen LogP contribution in [0.3, 0.4) is 0 Å². The maximum absolute atomic E-state index is 11.0. The van der Waals surface area contributed by atoms with E-state index in [1.165, 1.54) is 6.26 Å². The van der Waals surface area contributed by atoms with E-state index in [0.717, 1.165) is 0 Å². The van der Waals surface area contributed by atoms with E-state index in [4.69, 9.17) is 14.0 Å². The zero-order valence-electron chi connectivity index (χ0n) is 7.77. The van der Waals surface area contributed by atoms with E-state index in [-0.39, 0.29) is 0 Å². The van der Waals surface area contributed by atoms with E-state index in [1.54, 1.807) is 19.9 Å². The number of carbonyl (C=O) groups is 1. The van der Waals surface area contributed by atoms with Gasteiger partial charge in [0.2, 0.25) is 5.58 Å². The van der Waals surface area contributed by atoms with Gasteiger partial charge in [-0.15, -0.1) is 0 Å². The number of hydrogen-bond acceptors (Lipinski definition) is 4. The molecule has 0 saturated carbocycles. The van der Waals surface area contributed by atoms with Crippen LogP contribution >= 0.6 is 0 Å². The summed E-state index contributed by atoms with van der Waals surface area (Å²) in [6.45, 7) is 3.10. The van der Waals surface area contributed by atoms with Gasteiger partial charge in [-0.05, 0) is 13.8 Å². The summed E-state index contributed by atoms with van der Waals surface area (Å²) in [4.78, 5) is 11.0. The first-order valence-corrected chi connectivity index (χ1v) is 4.10. The monoisotopic (exact) mass is 195 g/mol. The average Bonchev–Trinajstić information content (AvgIpc) is 2.61. The van der Waals surface area contributed by atoms with E-state index in [0.29, 0.717) is 16.9 Å². The summed E-state index contributed by atoms with van der Waals surface area (Å²) >= 11 is 0. The molecule has 0 amide bonds. The third-order valence-corrected chi connectivity index (χ3v) is 2.21. The Labute approximate surface area is 79.3 Å². The Hall–Kier alpha value is -1.78. The van der Waals surface area contributed by atoms with Crippen LogP contribution in [-0.2, 0) is 10.2 Å². The number of aromatic nitrogens is 1. The Balaban J connectivity index is 2.64. The molecule has 0 atom stereocenters. The van der Waals surface area contributed by atoms with E-state index >= 15 is 0 Å². The van der Waals surface area contributed by atoms with E-state index in [1.807, 2.05) is 0 Å². The molecule has 0 aliphatic carbocycles. The molecule has 5 heteroatoms. The molecule has 0 saturated heterocycles. The van der Waals surface area contributed by atoms with Gasteiger partial charge in [-0.3, -0.25) is 4.79 Å². The van der Waals surface area contributed by atoms with Crippen LogP contribution in [0.5, 0.6) is 0 Å². The lowest BCUT2D eigenvalue weighted by Crippen LogP contribution is -2.28. The Kier molecular flexibility index (Phi) is 1.64. The molecule has 1 N–H and O–H groups in total. The second-order valence-corrected chi connectivity index (χ2v) is 3.58. The SMILES string of the molecule is CC(C)(C(=O)O)c1noc2ccoc12. The number of nitrogens with zero attached hydrogens (tertiary/aromatic N) is 1. The Morgan fingerprint density at radius 1 is 1.57 bits per heavy atom. The number of carboxylic acids is 1. The Bertz CT molecular complexity index is 480. The molecular weight excluding hydrogens is 186 g/mol. The Morgan fingerprint density at radius 3 is 2.93 bits per heavy atom. The molecule has 2 rings (SSSR count). The minimum Gasteiger partial charge on any atom is -0.481 e. The second-order valence-electron chi connectivity index (χ2n) is 3.58. The van der Waals surface area contributed by atoms with Crippen LogP contribution in [0.2, 0.25) is 0 Å². The molecule has 74 valence electrons. The lowest BCUT2D eigenvalue weighted by molar-refractivity contribution is -0.142. The third-order valence-electron chi connectivity index (χ3n) is 2.21. The maximum atomic E-state index is 11.0. The van der Waals surface area contributed by atoms with Crippen molar-refractivity contribution in [1.82, 2.24) is 5.16 Å². The molecule has 2 aromatic heterocycles. The standard InChI is InChI=1S/C9H9NO4/c1-9(2,8(11)12)7-6-5(14-10-7)3-4-13-6/h3-4H,1-2H3,(H,11,12). The summed E-state index contributed by atoms with van der Waals surface area (Å²) in [7, 11) is 0. The van der Waals surface area contributed by atoms with Gasteiger partial charge in [-0.25, -0.2) is 0 Å². The van der Waals surface area contributed by atoms with Crippen molar-refractivity contribution >= 4 is 17.1 Å². The lowest BCUT2D eigenvalue weighted by atomic mass is 9.89. The van der Waals surface area contributed by atoms with Gasteiger partial charge in [0.05, 0.1) is 6.26 Å². The van der Waals surface area contributed by atoms with Crippen molar-refractivity contribution in [3.8, 4) is 0 Å². The first-order chi connectivity index (χ1) is 6.53. The van der Waals surface area contributed by atoms with Crippen molar-refractivity contribution in [2.75, 3.05) is 0 Å². The third kappa shape index (κ3) is 1.02. The molecule has 14 heavy (non-hydrogen) atoms. The molecular formula is C9H9NO4. The van der Waals surface area contributed by atoms with Crippen molar-refractivity contribution in [1.29, 1.82) is 0 Å². The molecule has 5 nitrogen and oxygen atoms in total. The summed E-state index contributed by atoms with van der Waals surface area (Å²) < 4.78 is 10.0. The fourth-order valence-corrected chi connectivity index (χ4v) is 1.18. The van der Waals surface area contributed by atoms with Crippen molar-refractivity contribution in [3.63, 3.8) is 0 Å². The zero-order valence-corrected chi connectivity index (χ0v) is 7.77. The maximum Gasteiger partial charge on any atom is 0.315 e. The summed E-state index contributed by atoms with van der Waals surface area (Å²) in [5.74, 6) is -0.968. The summed E-state index contributed by atoms with van der Waals surface area (Å²) in [6.07, 6.45) is 1.44. The highest BCUT2D eigenvalue weighted by molar-refractivity contribution is 5.86. The van der Waals surface area contributed by atoms with Crippen LogP contribution in [0.4, 0.5) is 0 Å². The minimum absolute atomic E-state index is 0.310. The normalized spacial score (nSPS) is 12.1. The van der Waals surface area contributed by atoms with Crippen molar-refractivity contribution in [3.05, 3.63) is 18.0 Å². The van der Waals surface area contributed by atoms with Crippen molar-refractivity contribution < 1.29 is 18.8 Å². The first kappa shape index (κ1) is 8.80. The number of carboxylic acid groups (broad SMARTS) is 1. The largest absolute Gasteiger partial charge is 0.481 e. The number of rotatable bonds is 2. The topological polar surface area (TPSA) is 76.5 Å². The highest BCUT2D eigenvalue weighted by atomic mass is 16.5. The van der Waals surface area contributed by atoms with Gasteiger partial charge in [0, 0.05) is 6.07 Å². The van der Waals surface area contributed by atoms with Gasteiger partial charge in [0.1, 0.15) is 11.1 Å². The first-order valence-electron chi connectivity index (χ1n) is 4.10. The molecule has 2 heterocycles. The minimum atomic E-state index is -1.11. The Morgan fingerprint density at radius 2 is 2.29 bits per heavy atom. The highest BCUT2D eigenvalue weighted by Crippen LogP contribution is 2.30. The second kappa shape index (κ2) is 2.60. The smallest absolute Gasteiger partial charge is 0.315 e. The number of aliphatic carboxylic acids is 1. The summed E-state index contributed by atoms with van der Waals surface area (Å²) in [5.41, 5.74) is 0.0695. The number of fused-ring (bicyclic) bond motifs is 1. The molecule has 0 bridgehead atoms. The van der Waals surface area contributed by atoms with E-state index in [2.05, 4.69) is 5.16 Å². The average molecular weight is 195 g/mol. The van der Waals surface area contributed by atoms with Crippen molar-refractivity contribution in [2.45, 2.75) is 19.3 Å². The molecule has 0 aliphatic rings. The quantitative estimate of drug-likeness (QED) is 0.790. The van der Waals surface area contributed by atoms with Gasteiger partial charge >= 0.3 is 5.97 Å². The molecule has 0 fully saturated rings. The van der Waals surface area contributed by atoms with Crippen LogP contribution in [0, 0.1) is 0 Å². The summed E-state index contributed by atoms with van der Waals surface area (Å²) in [5, 5.41) is 12.7. The zero-order chi connectivity index (χ0) is 10.3. The van der Waals surface area contributed by atoms with Crippen LogP contribution < -0.4 is 0 Å². The predicted octanol–water partition coefficient (Wildman–Crippen LogP) is 1.78. The molecule has 0 aliphatic heterocycles. The fraction of sp³-hybridized carbons (Fsp3) is 0.333. The van der Waals surface area contributed by atoms with Crippen LogP contribution in [-0.4, -0.2) is 16.2 Å². The molecule has 0 spiro atoms. The van der Waals surface area contributed by atoms with Gasteiger partial charge in [-0.1, -0.05) is 5.16 Å². The number of furan rings is 1. The van der Waals surface area contributed by atoms with Gasteiger partial charge in [-0.2, -0.15) is 0 Å². The van der Waals surface area contributed by atoms with Crippen molar-refractivity contribution in [2.24, 2.45) is 0 Å². The molecule has 0 radical (unpaired) electrons. The van der Waals surface area contributed by atoms with Crippen LogP contribution in [0.15, 0.2) is 21.3 Å². The van der Waals surface area contributed by atoms with E-state index < -0.39 is 11.4 Å². The predicted molar refractivity (Wildman–Crippen MR) is 46.9 cm³/mol. The van der Waals surface area contributed by atoms with Gasteiger partial charge < -0.3 is 14.0 Å². The lowest BCUT2D eigenvalue weighted by Gasteiger charge is -2.14. The molecule has 0 aromatic carbocycles. The number of hydrogen-bond donors (Lipinski definition) is 1. The van der Waals surface area contributed by atoms with E-state index in [9.17, 15) is 4.79 Å². The molecule has 0 unspecified atom stereocenters. The summed E-state index contributed by atoms with van der Waals surface area (Å²) in [6, 6.07) is 1.60. The van der Waals surface area contributed by atoms with Gasteiger partial charge in [0.25, 0.3) is 0 Å². The fourth-order valence-electron chi connectivity index (χ4n) is 1.18. The molecule has 2 aromatic rings. The highest BCUT2D eigenvalue weighted by Gasteiger charge is 2.36. The van der Waals surface area contributed by atoms with Crippen LogP contribution in [0.25, 0.3) is 11.2 Å².